The Morgan fingerprint density at radius 1 is 1.03 bits per heavy atom. The predicted molar refractivity (Wildman–Crippen MR) is 115 cm³/mol. The van der Waals surface area contributed by atoms with Crippen molar-refractivity contribution in [2.24, 2.45) is 0 Å². The molecule has 4 rings (SSSR count). The van der Waals surface area contributed by atoms with Gasteiger partial charge in [0.25, 0.3) is 5.91 Å². The predicted octanol–water partition coefficient (Wildman–Crippen LogP) is 2.64. The average Bonchev–Trinajstić information content (AvgIpc) is 2.83. The van der Waals surface area contributed by atoms with Crippen LogP contribution in [0.25, 0.3) is 11.0 Å². The molecule has 8 nitrogen and oxygen atoms in total. The van der Waals surface area contributed by atoms with Gasteiger partial charge in [0.05, 0.1) is 29.3 Å². The number of anilines is 1. The van der Waals surface area contributed by atoms with E-state index >= 15 is 0 Å². The monoisotopic (exact) mass is 415 g/mol. The van der Waals surface area contributed by atoms with Crippen LogP contribution >= 0.6 is 0 Å². The van der Waals surface area contributed by atoms with Gasteiger partial charge in [0, 0.05) is 31.7 Å². The van der Waals surface area contributed by atoms with Gasteiger partial charge >= 0.3 is 5.97 Å². The highest BCUT2D eigenvalue weighted by Crippen LogP contribution is 2.23. The quantitative estimate of drug-likeness (QED) is 0.604. The number of esters is 1. The fourth-order valence-electron chi connectivity index (χ4n) is 3.57. The summed E-state index contributed by atoms with van der Waals surface area (Å²) in [6.07, 6.45) is 0. The van der Waals surface area contributed by atoms with Crippen molar-refractivity contribution in [3.05, 3.63) is 65.4 Å². The number of piperazine rings is 1. The number of carbonyl (C=O) groups is 2. The lowest BCUT2D eigenvalue weighted by molar-refractivity contribution is 0.0519. The van der Waals surface area contributed by atoms with Gasteiger partial charge in [-0.3, -0.25) is 4.79 Å². The molecule has 0 atom stereocenters. The van der Waals surface area contributed by atoms with E-state index in [9.17, 15) is 9.59 Å². The Hall–Kier alpha value is -3.99. The third kappa shape index (κ3) is 4.16. The number of nitrogens with zero attached hydrogens (tertiary/aromatic N) is 5. The van der Waals surface area contributed by atoms with Gasteiger partial charge in [-0.05, 0) is 37.3 Å². The maximum atomic E-state index is 12.8. The van der Waals surface area contributed by atoms with Crippen molar-refractivity contribution in [1.82, 2.24) is 14.9 Å². The van der Waals surface area contributed by atoms with E-state index in [-0.39, 0.29) is 18.2 Å². The van der Waals surface area contributed by atoms with E-state index in [1.54, 1.807) is 42.2 Å². The lowest BCUT2D eigenvalue weighted by Crippen LogP contribution is -2.49. The summed E-state index contributed by atoms with van der Waals surface area (Å²) in [6, 6.07) is 16.1. The van der Waals surface area contributed by atoms with Gasteiger partial charge in [-0.15, -0.1) is 0 Å². The number of rotatable bonds is 4. The second-order valence-electron chi connectivity index (χ2n) is 7.08. The molecule has 0 aliphatic carbocycles. The smallest absolute Gasteiger partial charge is 0.360 e. The molecule has 1 aromatic heterocycles. The normalized spacial score (nSPS) is 13.7. The van der Waals surface area contributed by atoms with E-state index in [1.807, 2.05) is 23.1 Å². The average molecular weight is 415 g/mol. The molecule has 2 aromatic carbocycles. The second-order valence-corrected chi connectivity index (χ2v) is 7.08. The number of carbonyl (C=O) groups excluding carboxylic acids is 2. The van der Waals surface area contributed by atoms with Crippen LogP contribution in [-0.4, -0.2) is 59.5 Å². The van der Waals surface area contributed by atoms with Crippen LogP contribution in [-0.2, 0) is 4.74 Å². The lowest BCUT2D eigenvalue weighted by atomic mass is 10.1. The topological polar surface area (TPSA) is 99.4 Å². The van der Waals surface area contributed by atoms with Crippen LogP contribution in [0.3, 0.4) is 0 Å². The number of benzene rings is 2. The van der Waals surface area contributed by atoms with E-state index in [0.717, 1.165) is 0 Å². The number of ether oxygens (including phenoxy) is 1. The van der Waals surface area contributed by atoms with Gasteiger partial charge in [-0.1, -0.05) is 18.2 Å². The van der Waals surface area contributed by atoms with Crippen LogP contribution < -0.4 is 4.90 Å². The van der Waals surface area contributed by atoms with Crippen LogP contribution in [0.15, 0.2) is 48.5 Å². The molecule has 0 unspecified atom stereocenters. The molecule has 0 radical (unpaired) electrons. The van der Waals surface area contributed by atoms with Crippen molar-refractivity contribution in [2.45, 2.75) is 6.92 Å². The maximum absolute atomic E-state index is 12.8. The summed E-state index contributed by atoms with van der Waals surface area (Å²) in [5.74, 6) is -0.162. The van der Waals surface area contributed by atoms with Gasteiger partial charge in [0.2, 0.25) is 0 Å². The zero-order chi connectivity index (χ0) is 21.8. The molecule has 2 heterocycles. The molecule has 156 valence electrons. The molecule has 0 spiro atoms. The van der Waals surface area contributed by atoms with Gasteiger partial charge in [0.1, 0.15) is 0 Å². The van der Waals surface area contributed by atoms with E-state index in [4.69, 9.17) is 10.00 Å². The van der Waals surface area contributed by atoms with Gasteiger partial charge < -0.3 is 14.5 Å². The summed E-state index contributed by atoms with van der Waals surface area (Å²) in [5, 5.41) is 9.07. The highest BCUT2D eigenvalue weighted by molar-refractivity contribution is 5.96. The molecule has 1 aliphatic heterocycles. The molecular weight excluding hydrogens is 394 g/mol. The standard InChI is InChI=1S/C23H21N5O3/c1-2-31-23(30)20-21(26-19-9-4-3-8-18(19)25-20)27-10-12-28(13-11-27)22(29)17-7-5-6-16(14-17)15-24/h3-9,14H,2,10-13H2,1H3. The van der Waals surface area contributed by atoms with E-state index in [1.165, 1.54) is 0 Å². The van der Waals surface area contributed by atoms with Crippen molar-refractivity contribution in [3.8, 4) is 6.07 Å². The minimum atomic E-state index is -0.512. The second kappa shape index (κ2) is 8.79. The molecular formula is C23H21N5O3. The summed E-state index contributed by atoms with van der Waals surface area (Å²) < 4.78 is 5.19. The highest BCUT2D eigenvalue weighted by atomic mass is 16.5. The SMILES string of the molecule is CCOC(=O)c1nc2ccccc2nc1N1CCN(C(=O)c2cccc(C#N)c2)CC1. The first-order valence-corrected chi connectivity index (χ1v) is 10.1. The summed E-state index contributed by atoms with van der Waals surface area (Å²) >= 11 is 0. The van der Waals surface area contributed by atoms with E-state index < -0.39 is 5.97 Å². The Morgan fingerprint density at radius 3 is 2.42 bits per heavy atom. The van der Waals surface area contributed by atoms with Gasteiger partial charge in [-0.2, -0.15) is 5.26 Å². The summed E-state index contributed by atoms with van der Waals surface area (Å²) in [5.41, 5.74) is 2.44. The molecule has 3 aromatic rings. The van der Waals surface area contributed by atoms with E-state index in [2.05, 4.69) is 16.0 Å². The first-order valence-electron chi connectivity index (χ1n) is 10.1. The molecule has 0 bridgehead atoms. The number of nitriles is 1. The largest absolute Gasteiger partial charge is 0.461 e. The number of hydrogen-bond acceptors (Lipinski definition) is 7. The molecule has 1 amide bonds. The van der Waals surface area contributed by atoms with Crippen molar-refractivity contribution in [3.63, 3.8) is 0 Å². The Bertz CT molecular complexity index is 1180. The Labute approximate surface area is 179 Å². The molecule has 8 heteroatoms. The first-order chi connectivity index (χ1) is 15.1. The Kier molecular flexibility index (Phi) is 5.76. The minimum Gasteiger partial charge on any atom is -0.461 e. The number of para-hydroxylation sites is 2. The first kappa shape index (κ1) is 20.3. The van der Waals surface area contributed by atoms with Crippen molar-refractivity contribution in [1.29, 1.82) is 5.26 Å². The molecule has 0 saturated carbocycles. The fourth-order valence-corrected chi connectivity index (χ4v) is 3.57. The molecule has 1 saturated heterocycles. The van der Waals surface area contributed by atoms with Crippen LogP contribution in [0.4, 0.5) is 5.82 Å². The Balaban J connectivity index is 1.56. The van der Waals surface area contributed by atoms with Crippen molar-refractivity contribution in [2.75, 3.05) is 37.7 Å². The third-order valence-electron chi connectivity index (χ3n) is 5.13. The number of hydrogen-bond donors (Lipinski definition) is 0. The highest BCUT2D eigenvalue weighted by Gasteiger charge is 2.27. The van der Waals surface area contributed by atoms with Gasteiger partial charge in [0.15, 0.2) is 11.5 Å². The summed E-state index contributed by atoms with van der Waals surface area (Å²) in [7, 11) is 0. The zero-order valence-corrected chi connectivity index (χ0v) is 17.1. The number of aromatic nitrogens is 2. The lowest BCUT2D eigenvalue weighted by Gasteiger charge is -2.35. The zero-order valence-electron chi connectivity index (χ0n) is 17.1. The molecule has 0 N–H and O–H groups in total. The summed E-state index contributed by atoms with van der Waals surface area (Å²) in [4.78, 5) is 38.2. The molecule has 1 aliphatic rings. The number of fused-ring (bicyclic) bond motifs is 1. The van der Waals surface area contributed by atoms with Crippen LogP contribution in [0.2, 0.25) is 0 Å². The molecule has 31 heavy (non-hydrogen) atoms. The van der Waals surface area contributed by atoms with Crippen molar-refractivity contribution < 1.29 is 14.3 Å². The number of amides is 1. The van der Waals surface area contributed by atoms with Crippen LogP contribution in [0.1, 0.15) is 33.3 Å². The minimum absolute atomic E-state index is 0.119. The van der Waals surface area contributed by atoms with Crippen molar-refractivity contribution >= 4 is 28.7 Å². The Morgan fingerprint density at radius 2 is 1.74 bits per heavy atom. The molecule has 1 fully saturated rings. The van der Waals surface area contributed by atoms with Crippen LogP contribution in [0, 0.1) is 11.3 Å². The fraction of sp³-hybridized carbons (Fsp3) is 0.261. The third-order valence-corrected chi connectivity index (χ3v) is 5.13. The van der Waals surface area contributed by atoms with Gasteiger partial charge in [-0.25, -0.2) is 14.8 Å². The summed E-state index contributed by atoms with van der Waals surface area (Å²) in [6.45, 7) is 3.93. The maximum Gasteiger partial charge on any atom is 0.360 e. The van der Waals surface area contributed by atoms with Crippen LogP contribution in [0.5, 0.6) is 0 Å². The van der Waals surface area contributed by atoms with E-state index in [0.29, 0.717) is 54.2 Å².